The molecule has 1 atom stereocenters. The first-order valence-electron chi connectivity index (χ1n) is 7.48. The van der Waals surface area contributed by atoms with Crippen molar-refractivity contribution in [3.05, 3.63) is 29.8 Å². The molecule has 6 heteroatoms. The molecule has 0 heterocycles. The van der Waals surface area contributed by atoms with E-state index in [9.17, 15) is 4.79 Å². The zero-order valence-electron chi connectivity index (χ0n) is 13.7. The normalized spacial score (nSPS) is 17.1. The Bertz CT molecular complexity index is 586. The third-order valence-corrected chi connectivity index (χ3v) is 3.69. The number of ether oxygens (including phenoxy) is 3. The van der Waals surface area contributed by atoms with E-state index in [1.165, 1.54) is 21.3 Å². The highest BCUT2D eigenvalue weighted by molar-refractivity contribution is 5.95. The highest BCUT2D eigenvalue weighted by Crippen LogP contribution is 2.38. The number of nitrogens with one attached hydrogen (secondary N) is 1. The van der Waals surface area contributed by atoms with Gasteiger partial charge in [0.2, 0.25) is 5.75 Å². The molecule has 6 nitrogen and oxygen atoms in total. The molecule has 1 aliphatic carbocycles. The minimum absolute atomic E-state index is 0.327. The fourth-order valence-electron chi connectivity index (χ4n) is 2.43. The second-order valence-electron chi connectivity index (χ2n) is 5.18. The zero-order valence-corrected chi connectivity index (χ0v) is 13.7. The topological polar surface area (TPSA) is 69.2 Å². The molecule has 1 aromatic carbocycles. The van der Waals surface area contributed by atoms with Crippen molar-refractivity contribution in [1.82, 2.24) is 5.43 Å². The summed E-state index contributed by atoms with van der Waals surface area (Å²) in [5.41, 5.74) is 2.93. The quantitative estimate of drug-likeness (QED) is 0.497. The largest absolute Gasteiger partial charge is 0.493 e. The fraction of sp³-hybridized carbons (Fsp3) is 0.412. The molecule has 1 aliphatic rings. The van der Waals surface area contributed by atoms with Gasteiger partial charge in [0, 0.05) is 11.8 Å². The summed E-state index contributed by atoms with van der Waals surface area (Å²) in [6.07, 6.45) is 9.17. The van der Waals surface area contributed by atoms with Crippen LogP contribution in [0.4, 0.5) is 0 Å². The molecule has 0 fully saturated rings. The van der Waals surface area contributed by atoms with Crippen LogP contribution in [0.15, 0.2) is 29.4 Å². The van der Waals surface area contributed by atoms with Crippen LogP contribution in [-0.2, 0) is 0 Å². The van der Waals surface area contributed by atoms with E-state index < -0.39 is 0 Å². The summed E-state index contributed by atoms with van der Waals surface area (Å²) in [5.74, 6) is 1.35. The third kappa shape index (κ3) is 4.25. The molecule has 0 spiro atoms. The summed E-state index contributed by atoms with van der Waals surface area (Å²) in [4.78, 5) is 12.2. The van der Waals surface area contributed by atoms with Gasteiger partial charge in [-0.1, -0.05) is 12.2 Å². The lowest BCUT2D eigenvalue weighted by Gasteiger charge is -2.14. The van der Waals surface area contributed by atoms with Crippen molar-refractivity contribution in [3.63, 3.8) is 0 Å². The zero-order chi connectivity index (χ0) is 16.7. The van der Waals surface area contributed by atoms with Gasteiger partial charge in [-0.25, -0.2) is 5.43 Å². The first-order valence-corrected chi connectivity index (χ1v) is 7.48. The molecular formula is C17H22N2O4. The van der Waals surface area contributed by atoms with Crippen molar-refractivity contribution in [2.24, 2.45) is 11.0 Å². The van der Waals surface area contributed by atoms with E-state index in [-0.39, 0.29) is 5.91 Å². The molecule has 0 radical (unpaired) electrons. The molecule has 1 N–H and O–H groups in total. The maximum Gasteiger partial charge on any atom is 0.271 e. The van der Waals surface area contributed by atoms with Crippen LogP contribution >= 0.6 is 0 Å². The third-order valence-electron chi connectivity index (χ3n) is 3.69. The van der Waals surface area contributed by atoms with E-state index in [0.29, 0.717) is 28.7 Å². The van der Waals surface area contributed by atoms with Gasteiger partial charge in [0.05, 0.1) is 21.3 Å². The summed E-state index contributed by atoms with van der Waals surface area (Å²) in [6.45, 7) is 0. The van der Waals surface area contributed by atoms with Crippen LogP contribution in [0.25, 0.3) is 0 Å². The van der Waals surface area contributed by atoms with Crippen molar-refractivity contribution in [2.45, 2.75) is 19.3 Å². The molecule has 0 aromatic heterocycles. The van der Waals surface area contributed by atoms with Crippen LogP contribution in [-0.4, -0.2) is 33.5 Å². The van der Waals surface area contributed by atoms with Crippen molar-refractivity contribution < 1.29 is 19.0 Å². The van der Waals surface area contributed by atoms with Crippen molar-refractivity contribution >= 4 is 12.1 Å². The molecule has 0 bridgehead atoms. The van der Waals surface area contributed by atoms with E-state index in [4.69, 9.17) is 14.2 Å². The maximum absolute atomic E-state index is 12.2. The van der Waals surface area contributed by atoms with Gasteiger partial charge in [-0.05, 0) is 37.3 Å². The van der Waals surface area contributed by atoms with Crippen LogP contribution in [0.2, 0.25) is 0 Å². The molecule has 124 valence electrons. The van der Waals surface area contributed by atoms with Gasteiger partial charge < -0.3 is 14.2 Å². The summed E-state index contributed by atoms with van der Waals surface area (Å²) in [6, 6.07) is 3.19. The lowest BCUT2D eigenvalue weighted by molar-refractivity contribution is 0.0954. The summed E-state index contributed by atoms with van der Waals surface area (Å²) < 4.78 is 15.7. The van der Waals surface area contributed by atoms with Gasteiger partial charge in [0.25, 0.3) is 5.91 Å². The fourth-order valence-corrected chi connectivity index (χ4v) is 2.43. The number of allylic oxidation sites excluding steroid dienone is 2. The van der Waals surface area contributed by atoms with E-state index in [1.807, 2.05) is 0 Å². The predicted octanol–water partition coefficient (Wildman–Crippen LogP) is 2.78. The minimum Gasteiger partial charge on any atom is -0.493 e. The van der Waals surface area contributed by atoms with E-state index in [0.717, 1.165) is 19.3 Å². The molecule has 1 amide bonds. The lowest BCUT2D eigenvalue weighted by atomic mass is 9.96. The van der Waals surface area contributed by atoms with Crippen LogP contribution in [0.3, 0.4) is 0 Å². The van der Waals surface area contributed by atoms with Gasteiger partial charge >= 0.3 is 0 Å². The standard InChI is InChI=1S/C17H22N2O4/c1-21-14-9-13(10-15(22-2)16(14)23-3)17(20)19-18-11-12-7-5-4-6-8-12/h4-5,9-12H,6-8H2,1-3H3,(H,19,20)/b18-11-. The summed E-state index contributed by atoms with van der Waals surface area (Å²) in [5, 5.41) is 4.05. The average Bonchev–Trinajstić information content (AvgIpc) is 2.61. The number of hydrogen-bond donors (Lipinski definition) is 1. The number of hydrogen-bond acceptors (Lipinski definition) is 5. The van der Waals surface area contributed by atoms with Crippen LogP contribution in [0.5, 0.6) is 17.2 Å². The van der Waals surface area contributed by atoms with E-state index in [2.05, 4.69) is 22.7 Å². The maximum atomic E-state index is 12.2. The van der Waals surface area contributed by atoms with Crippen molar-refractivity contribution in [3.8, 4) is 17.2 Å². The molecular weight excluding hydrogens is 296 g/mol. The van der Waals surface area contributed by atoms with E-state index >= 15 is 0 Å². The van der Waals surface area contributed by atoms with E-state index in [1.54, 1.807) is 18.3 Å². The predicted molar refractivity (Wildman–Crippen MR) is 88.5 cm³/mol. The van der Waals surface area contributed by atoms with Crippen molar-refractivity contribution in [2.75, 3.05) is 21.3 Å². The number of benzene rings is 1. The Morgan fingerprint density at radius 3 is 2.39 bits per heavy atom. The molecule has 1 aromatic rings. The SMILES string of the molecule is COc1cc(C(=O)N/N=C\C2CC=CCC2)cc(OC)c1OC. The number of rotatable bonds is 6. The van der Waals surface area contributed by atoms with Gasteiger partial charge in [-0.2, -0.15) is 5.10 Å². The Kier molecular flexibility index (Phi) is 6.02. The molecule has 0 saturated heterocycles. The summed E-state index contributed by atoms with van der Waals surface area (Å²) in [7, 11) is 4.53. The van der Waals surface area contributed by atoms with Crippen LogP contribution in [0, 0.1) is 5.92 Å². The Labute approximate surface area is 136 Å². The average molecular weight is 318 g/mol. The molecule has 1 unspecified atom stereocenters. The molecule has 0 saturated carbocycles. The lowest BCUT2D eigenvalue weighted by Crippen LogP contribution is -2.19. The monoisotopic (exact) mass is 318 g/mol. The second-order valence-corrected chi connectivity index (χ2v) is 5.18. The Balaban J connectivity index is 2.09. The number of carbonyl (C=O) groups excluding carboxylic acids is 1. The van der Waals surface area contributed by atoms with Crippen LogP contribution < -0.4 is 19.6 Å². The second kappa shape index (κ2) is 8.22. The summed E-state index contributed by atoms with van der Waals surface area (Å²) >= 11 is 0. The Hall–Kier alpha value is -2.50. The highest BCUT2D eigenvalue weighted by Gasteiger charge is 2.16. The Morgan fingerprint density at radius 1 is 1.17 bits per heavy atom. The van der Waals surface area contributed by atoms with Gasteiger partial charge in [0.1, 0.15) is 0 Å². The first kappa shape index (κ1) is 16.9. The number of carbonyl (C=O) groups is 1. The molecule has 23 heavy (non-hydrogen) atoms. The number of methoxy groups -OCH3 is 3. The van der Waals surface area contributed by atoms with Gasteiger partial charge in [-0.3, -0.25) is 4.79 Å². The smallest absolute Gasteiger partial charge is 0.271 e. The first-order chi connectivity index (χ1) is 11.2. The number of amides is 1. The minimum atomic E-state index is -0.327. The van der Waals surface area contributed by atoms with Gasteiger partial charge in [0.15, 0.2) is 11.5 Å². The molecule has 0 aliphatic heterocycles. The van der Waals surface area contributed by atoms with Crippen LogP contribution in [0.1, 0.15) is 29.6 Å². The highest BCUT2D eigenvalue weighted by atomic mass is 16.5. The van der Waals surface area contributed by atoms with Gasteiger partial charge in [-0.15, -0.1) is 0 Å². The Morgan fingerprint density at radius 2 is 1.87 bits per heavy atom. The number of nitrogens with zero attached hydrogens (tertiary/aromatic N) is 1. The van der Waals surface area contributed by atoms with Crippen molar-refractivity contribution in [1.29, 1.82) is 0 Å². The molecule has 2 rings (SSSR count). The number of hydrazone groups is 1.